The van der Waals surface area contributed by atoms with Crippen LogP contribution in [0.1, 0.15) is 54.4 Å². The minimum absolute atomic E-state index is 0.0317. The van der Waals surface area contributed by atoms with Gasteiger partial charge in [-0.25, -0.2) is 8.42 Å². The van der Waals surface area contributed by atoms with Crippen LogP contribution in [0.3, 0.4) is 0 Å². The Labute approximate surface area is 184 Å². The van der Waals surface area contributed by atoms with E-state index in [0.717, 1.165) is 42.6 Å². The van der Waals surface area contributed by atoms with E-state index in [1.807, 2.05) is 6.92 Å². The van der Waals surface area contributed by atoms with E-state index < -0.39 is 10.0 Å². The Morgan fingerprint density at radius 2 is 1.42 bits per heavy atom. The van der Waals surface area contributed by atoms with Gasteiger partial charge in [0.2, 0.25) is 0 Å². The predicted octanol–water partition coefficient (Wildman–Crippen LogP) is 4.52. The fraction of sp³-hybridized carbons (Fsp3) is 0.480. The van der Waals surface area contributed by atoms with Crippen molar-refractivity contribution in [2.75, 3.05) is 11.4 Å². The van der Waals surface area contributed by atoms with Gasteiger partial charge in [0.25, 0.3) is 15.9 Å². The molecule has 4 bridgehead atoms. The second-order valence-corrected chi connectivity index (χ2v) is 12.0. The van der Waals surface area contributed by atoms with Crippen molar-refractivity contribution in [3.05, 3.63) is 59.7 Å². The van der Waals surface area contributed by atoms with Gasteiger partial charge in [-0.05, 0) is 99.6 Å². The van der Waals surface area contributed by atoms with Crippen LogP contribution in [0, 0.1) is 24.7 Å². The smallest absolute Gasteiger partial charge is 0.264 e. The molecule has 0 radical (unpaired) electrons. The monoisotopic (exact) mass is 438 g/mol. The van der Waals surface area contributed by atoms with Gasteiger partial charge in [-0.15, -0.1) is 0 Å². The molecule has 0 aromatic heterocycles. The topological polar surface area (TPSA) is 66.5 Å². The molecule has 0 heterocycles. The number of carbonyl (C=O) groups excluding carboxylic acids is 1. The minimum atomic E-state index is -3.65. The van der Waals surface area contributed by atoms with Gasteiger partial charge in [-0.2, -0.15) is 0 Å². The number of benzene rings is 2. The van der Waals surface area contributed by atoms with Crippen LogP contribution in [0.5, 0.6) is 0 Å². The highest BCUT2D eigenvalue weighted by atomic mass is 32.2. The summed E-state index contributed by atoms with van der Waals surface area (Å²) < 4.78 is 27.1. The molecule has 0 unspecified atom stereocenters. The highest BCUT2D eigenvalue weighted by Crippen LogP contribution is 2.55. The van der Waals surface area contributed by atoms with Gasteiger partial charge < -0.3 is 5.32 Å². The molecule has 6 rings (SSSR count). The molecular formula is C25H30N2O3S. The molecule has 0 spiro atoms. The quantitative estimate of drug-likeness (QED) is 0.746. The van der Waals surface area contributed by atoms with Crippen LogP contribution < -0.4 is 9.62 Å². The largest absolute Gasteiger partial charge is 0.347 e. The maximum atomic E-state index is 13.0. The Bertz CT molecular complexity index is 1060. The number of sulfonamides is 1. The molecule has 6 heteroatoms. The molecule has 164 valence electrons. The van der Waals surface area contributed by atoms with Gasteiger partial charge in [0.1, 0.15) is 0 Å². The van der Waals surface area contributed by atoms with Crippen LogP contribution in [-0.4, -0.2) is 26.9 Å². The van der Waals surface area contributed by atoms with E-state index in [2.05, 4.69) is 5.32 Å². The lowest BCUT2D eigenvalue weighted by molar-refractivity contribution is -0.0167. The summed E-state index contributed by atoms with van der Waals surface area (Å²) in [6.45, 7) is 1.92. The van der Waals surface area contributed by atoms with Gasteiger partial charge in [0.05, 0.1) is 10.6 Å². The number of hydrogen-bond acceptors (Lipinski definition) is 3. The molecule has 0 atom stereocenters. The van der Waals surface area contributed by atoms with Crippen molar-refractivity contribution < 1.29 is 13.2 Å². The molecule has 4 saturated carbocycles. The Morgan fingerprint density at radius 3 is 1.94 bits per heavy atom. The van der Waals surface area contributed by atoms with Gasteiger partial charge in [0.15, 0.2) is 0 Å². The van der Waals surface area contributed by atoms with Crippen molar-refractivity contribution in [2.24, 2.45) is 17.8 Å². The van der Waals surface area contributed by atoms with Crippen LogP contribution in [-0.2, 0) is 10.0 Å². The van der Waals surface area contributed by atoms with Gasteiger partial charge >= 0.3 is 0 Å². The molecule has 2 aromatic carbocycles. The lowest BCUT2D eigenvalue weighted by Crippen LogP contribution is -2.59. The summed E-state index contributed by atoms with van der Waals surface area (Å²) in [4.78, 5) is 13.3. The Hall–Kier alpha value is -2.34. The molecule has 4 aliphatic carbocycles. The molecule has 4 fully saturated rings. The number of carbonyl (C=O) groups is 1. The third-order valence-electron chi connectivity index (χ3n) is 7.59. The van der Waals surface area contributed by atoms with Gasteiger partial charge in [-0.3, -0.25) is 9.10 Å². The number of aryl methyl sites for hydroxylation is 1. The number of nitrogens with zero attached hydrogens (tertiary/aromatic N) is 1. The van der Waals surface area contributed by atoms with Crippen molar-refractivity contribution in [2.45, 2.75) is 55.9 Å². The second-order valence-electron chi connectivity index (χ2n) is 9.98. The van der Waals surface area contributed by atoms with E-state index >= 15 is 0 Å². The molecule has 4 aliphatic rings. The first-order chi connectivity index (χ1) is 14.7. The summed E-state index contributed by atoms with van der Waals surface area (Å²) in [5.41, 5.74) is 2.10. The summed E-state index contributed by atoms with van der Waals surface area (Å²) in [5, 5.41) is 3.38. The number of nitrogens with one attached hydrogen (secondary N) is 1. The highest BCUT2D eigenvalue weighted by Gasteiger charge is 2.51. The number of rotatable bonds is 5. The fourth-order valence-corrected chi connectivity index (χ4v) is 7.60. The first-order valence-electron chi connectivity index (χ1n) is 11.2. The summed E-state index contributed by atoms with van der Waals surface area (Å²) in [7, 11) is -2.10. The third kappa shape index (κ3) is 3.75. The van der Waals surface area contributed by atoms with Gasteiger partial charge in [-0.1, -0.05) is 17.7 Å². The summed E-state index contributed by atoms with van der Waals surface area (Å²) in [6, 6.07) is 13.7. The normalized spacial score (nSPS) is 29.0. The number of amides is 1. The van der Waals surface area contributed by atoms with E-state index in [0.29, 0.717) is 11.3 Å². The van der Waals surface area contributed by atoms with Crippen LogP contribution >= 0.6 is 0 Å². The zero-order chi connectivity index (χ0) is 21.8. The minimum Gasteiger partial charge on any atom is -0.347 e. The summed E-state index contributed by atoms with van der Waals surface area (Å²) >= 11 is 0. The lowest BCUT2D eigenvalue weighted by atomic mass is 9.53. The van der Waals surface area contributed by atoms with E-state index in [4.69, 9.17) is 0 Å². The average Bonchev–Trinajstić information content (AvgIpc) is 2.72. The maximum absolute atomic E-state index is 13.0. The van der Waals surface area contributed by atoms with Crippen molar-refractivity contribution in [3.8, 4) is 0 Å². The highest BCUT2D eigenvalue weighted by molar-refractivity contribution is 7.92. The first kappa shape index (κ1) is 20.6. The summed E-state index contributed by atoms with van der Waals surface area (Å²) in [5.74, 6) is 2.27. The van der Waals surface area contributed by atoms with Crippen molar-refractivity contribution in [1.82, 2.24) is 5.32 Å². The van der Waals surface area contributed by atoms with Crippen LogP contribution in [0.25, 0.3) is 0 Å². The predicted molar refractivity (Wildman–Crippen MR) is 122 cm³/mol. The molecule has 5 nitrogen and oxygen atoms in total. The van der Waals surface area contributed by atoms with E-state index in [1.165, 1.54) is 23.6 Å². The van der Waals surface area contributed by atoms with E-state index in [1.54, 1.807) is 55.6 Å². The molecule has 1 amide bonds. The molecule has 0 aliphatic heterocycles. The Balaban J connectivity index is 1.31. The SMILES string of the molecule is Cc1ccc(S(=O)(=O)N(C)c2ccc(C(=O)NC34CC5CC(CC(C5)C3)C4)cc2)cc1. The van der Waals surface area contributed by atoms with Crippen molar-refractivity contribution in [1.29, 1.82) is 0 Å². The number of anilines is 1. The third-order valence-corrected chi connectivity index (χ3v) is 9.39. The van der Waals surface area contributed by atoms with Crippen LogP contribution in [0.4, 0.5) is 5.69 Å². The summed E-state index contributed by atoms with van der Waals surface area (Å²) in [6.07, 6.45) is 7.35. The second kappa shape index (κ2) is 7.37. The van der Waals surface area contributed by atoms with Gasteiger partial charge in [0, 0.05) is 18.2 Å². The van der Waals surface area contributed by atoms with E-state index in [-0.39, 0.29) is 16.3 Å². The number of hydrogen-bond donors (Lipinski definition) is 1. The van der Waals surface area contributed by atoms with Crippen molar-refractivity contribution in [3.63, 3.8) is 0 Å². The molecule has 2 aromatic rings. The zero-order valence-corrected chi connectivity index (χ0v) is 19.0. The zero-order valence-electron chi connectivity index (χ0n) is 18.2. The molecule has 1 N–H and O–H groups in total. The molecule has 0 saturated heterocycles. The van der Waals surface area contributed by atoms with Crippen LogP contribution in [0.2, 0.25) is 0 Å². The Kier molecular flexibility index (Phi) is 4.88. The fourth-order valence-electron chi connectivity index (χ4n) is 6.41. The lowest BCUT2D eigenvalue weighted by Gasteiger charge is -2.56. The first-order valence-corrected chi connectivity index (χ1v) is 12.7. The van der Waals surface area contributed by atoms with Crippen molar-refractivity contribution >= 4 is 21.6 Å². The Morgan fingerprint density at radius 1 is 0.903 bits per heavy atom. The van der Waals surface area contributed by atoms with E-state index in [9.17, 15) is 13.2 Å². The molecular weight excluding hydrogens is 408 g/mol. The average molecular weight is 439 g/mol. The van der Waals surface area contributed by atoms with Crippen LogP contribution in [0.15, 0.2) is 53.4 Å². The standard InChI is InChI=1S/C25H30N2O3S/c1-17-3-9-23(10-4-17)31(29,30)27(2)22-7-5-21(6-8-22)24(28)26-25-14-18-11-19(15-25)13-20(12-18)16-25/h3-10,18-20H,11-16H2,1-2H3,(H,26,28). The molecule has 31 heavy (non-hydrogen) atoms. The maximum Gasteiger partial charge on any atom is 0.264 e.